The molecule has 0 radical (unpaired) electrons. The normalized spacial score (nSPS) is 13.2. The third-order valence-electron chi connectivity index (χ3n) is 2.34. The Morgan fingerprint density at radius 1 is 1.73 bits per heavy atom. The Balaban J connectivity index is 2.31. The van der Waals surface area contributed by atoms with Gasteiger partial charge in [-0.2, -0.15) is 0 Å². The number of thiazole rings is 1. The third-order valence-corrected chi connectivity index (χ3v) is 3.23. The van der Waals surface area contributed by atoms with Gasteiger partial charge in [-0.25, -0.2) is 4.98 Å². The van der Waals surface area contributed by atoms with Gasteiger partial charge in [-0.1, -0.05) is 6.92 Å². The van der Waals surface area contributed by atoms with Gasteiger partial charge >= 0.3 is 5.97 Å². The highest BCUT2D eigenvalue weighted by atomic mass is 32.1. The van der Waals surface area contributed by atoms with Crippen molar-refractivity contribution in [2.24, 2.45) is 5.92 Å². The molecule has 0 saturated heterocycles. The molecule has 0 aliphatic heterocycles. The summed E-state index contributed by atoms with van der Waals surface area (Å²) in [5, 5.41) is 10.8. The molecular formula is C10H12N2O2S. The van der Waals surface area contributed by atoms with Crippen LogP contribution in [0.25, 0.3) is 4.96 Å². The summed E-state index contributed by atoms with van der Waals surface area (Å²) in [5.41, 5.74) is 1.98. The average Bonchev–Trinajstić information content (AvgIpc) is 2.66. The van der Waals surface area contributed by atoms with Crippen molar-refractivity contribution >= 4 is 22.3 Å². The molecule has 2 rings (SSSR count). The van der Waals surface area contributed by atoms with Crippen molar-refractivity contribution in [1.29, 1.82) is 0 Å². The summed E-state index contributed by atoms with van der Waals surface area (Å²) in [5.74, 6) is -1.11. The van der Waals surface area contributed by atoms with Crippen LogP contribution >= 0.6 is 11.3 Å². The fourth-order valence-corrected chi connectivity index (χ4v) is 2.42. The molecule has 2 heterocycles. The van der Waals surface area contributed by atoms with E-state index in [9.17, 15) is 4.79 Å². The Labute approximate surface area is 91.2 Å². The minimum Gasteiger partial charge on any atom is -0.481 e. The SMILES string of the molecule is Cc1cn2c(CC(C)C(=O)O)csc2n1. The maximum Gasteiger partial charge on any atom is 0.306 e. The minimum absolute atomic E-state index is 0.356. The molecule has 1 N–H and O–H groups in total. The maximum atomic E-state index is 10.7. The van der Waals surface area contributed by atoms with Gasteiger partial charge in [-0.05, 0) is 6.92 Å². The fourth-order valence-electron chi connectivity index (χ4n) is 1.49. The van der Waals surface area contributed by atoms with E-state index in [-0.39, 0.29) is 5.92 Å². The van der Waals surface area contributed by atoms with Crippen molar-refractivity contribution in [3.05, 3.63) is 23.0 Å². The molecule has 2 aromatic rings. The molecule has 0 bridgehead atoms. The first-order valence-electron chi connectivity index (χ1n) is 4.73. The molecule has 0 aliphatic rings. The number of carboxylic acid groups (broad SMARTS) is 1. The zero-order valence-electron chi connectivity index (χ0n) is 8.60. The van der Waals surface area contributed by atoms with Crippen molar-refractivity contribution in [1.82, 2.24) is 9.38 Å². The van der Waals surface area contributed by atoms with Gasteiger partial charge in [0.15, 0.2) is 4.96 Å². The summed E-state index contributed by atoms with van der Waals surface area (Å²) in [6.07, 6.45) is 2.49. The molecule has 80 valence electrons. The lowest BCUT2D eigenvalue weighted by Crippen LogP contribution is -2.13. The van der Waals surface area contributed by atoms with Crippen molar-refractivity contribution < 1.29 is 9.90 Å². The molecule has 4 nitrogen and oxygen atoms in total. The van der Waals surface area contributed by atoms with Crippen molar-refractivity contribution in [3.8, 4) is 0 Å². The van der Waals surface area contributed by atoms with Crippen LogP contribution in [0.4, 0.5) is 0 Å². The predicted octanol–water partition coefficient (Wildman–Crippen LogP) is 1.97. The van der Waals surface area contributed by atoms with Crippen LogP contribution in [0.5, 0.6) is 0 Å². The quantitative estimate of drug-likeness (QED) is 0.867. The van der Waals surface area contributed by atoms with Gasteiger partial charge in [0.2, 0.25) is 0 Å². The maximum absolute atomic E-state index is 10.7. The number of hydrogen-bond acceptors (Lipinski definition) is 3. The summed E-state index contributed by atoms with van der Waals surface area (Å²) in [6.45, 7) is 3.65. The summed E-state index contributed by atoms with van der Waals surface area (Å²) in [7, 11) is 0. The second-order valence-corrected chi connectivity index (χ2v) is 4.54. The second kappa shape index (κ2) is 3.66. The first kappa shape index (κ1) is 10.2. The number of rotatable bonds is 3. The summed E-state index contributed by atoms with van der Waals surface area (Å²) in [6, 6.07) is 0. The molecule has 5 heteroatoms. The molecular weight excluding hydrogens is 212 g/mol. The number of aromatic nitrogens is 2. The van der Waals surface area contributed by atoms with Crippen LogP contribution in [0.15, 0.2) is 11.6 Å². The highest BCUT2D eigenvalue weighted by molar-refractivity contribution is 7.15. The second-order valence-electron chi connectivity index (χ2n) is 3.71. The number of aliphatic carboxylic acids is 1. The summed E-state index contributed by atoms with van der Waals surface area (Å²) < 4.78 is 1.97. The Morgan fingerprint density at radius 3 is 3.13 bits per heavy atom. The number of hydrogen-bond donors (Lipinski definition) is 1. The Bertz CT molecular complexity index is 500. The van der Waals surface area contributed by atoms with E-state index < -0.39 is 5.97 Å². The number of aryl methyl sites for hydroxylation is 1. The van der Waals surface area contributed by atoms with Crippen LogP contribution in [0.2, 0.25) is 0 Å². The molecule has 0 amide bonds. The summed E-state index contributed by atoms with van der Waals surface area (Å²) in [4.78, 5) is 16.0. The van der Waals surface area contributed by atoms with Crippen LogP contribution < -0.4 is 0 Å². The van der Waals surface area contributed by atoms with Crippen molar-refractivity contribution in [3.63, 3.8) is 0 Å². The van der Waals surface area contributed by atoms with Gasteiger partial charge in [0.05, 0.1) is 11.6 Å². The largest absolute Gasteiger partial charge is 0.481 e. The van der Waals surface area contributed by atoms with Crippen LogP contribution in [-0.2, 0) is 11.2 Å². The average molecular weight is 224 g/mol. The number of carboxylic acids is 1. The highest BCUT2D eigenvalue weighted by Gasteiger charge is 2.15. The van der Waals surface area contributed by atoms with Crippen LogP contribution in [0.1, 0.15) is 18.3 Å². The molecule has 15 heavy (non-hydrogen) atoms. The van der Waals surface area contributed by atoms with Crippen LogP contribution in [0, 0.1) is 12.8 Å². The van der Waals surface area contributed by atoms with E-state index in [0.29, 0.717) is 6.42 Å². The van der Waals surface area contributed by atoms with Gasteiger partial charge in [-0.15, -0.1) is 11.3 Å². The summed E-state index contributed by atoms with van der Waals surface area (Å²) >= 11 is 1.55. The van der Waals surface area contributed by atoms with Crippen molar-refractivity contribution in [2.75, 3.05) is 0 Å². The lowest BCUT2D eigenvalue weighted by molar-refractivity contribution is -0.141. The standard InChI is InChI=1S/C10H12N2O2S/c1-6(9(13)14)3-8-5-15-10-11-7(2)4-12(8)10/h4-6H,3H2,1-2H3,(H,13,14). The van der Waals surface area contributed by atoms with E-state index in [1.807, 2.05) is 22.9 Å². The Kier molecular flexibility index (Phi) is 2.48. The van der Waals surface area contributed by atoms with E-state index in [1.165, 1.54) is 0 Å². The zero-order valence-corrected chi connectivity index (χ0v) is 9.41. The first-order chi connectivity index (χ1) is 7.08. The zero-order chi connectivity index (χ0) is 11.0. The smallest absolute Gasteiger partial charge is 0.306 e. The molecule has 0 aromatic carbocycles. The van der Waals surface area contributed by atoms with E-state index in [0.717, 1.165) is 16.3 Å². The molecule has 0 fully saturated rings. The van der Waals surface area contributed by atoms with Crippen LogP contribution in [-0.4, -0.2) is 20.5 Å². The van der Waals surface area contributed by atoms with Gasteiger partial charge in [0, 0.05) is 23.7 Å². The molecule has 1 unspecified atom stereocenters. The van der Waals surface area contributed by atoms with Crippen molar-refractivity contribution in [2.45, 2.75) is 20.3 Å². The van der Waals surface area contributed by atoms with E-state index >= 15 is 0 Å². The highest BCUT2D eigenvalue weighted by Crippen LogP contribution is 2.19. The van der Waals surface area contributed by atoms with Gasteiger partial charge < -0.3 is 5.11 Å². The number of fused-ring (bicyclic) bond motifs is 1. The lowest BCUT2D eigenvalue weighted by Gasteiger charge is -2.04. The molecule has 0 spiro atoms. The first-order valence-corrected chi connectivity index (χ1v) is 5.61. The van der Waals surface area contributed by atoms with Crippen LogP contribution in [0.3, 0.4) is 0 Å². The molecule has 2 aromatic heterocycles. The predicted molar refractivity (Wildman–Crippen MR) is 58.3 cm³/mol. The number of imidazole rings is 1. The Morgan fingerprint density at radius 2 is 2.47 bits per heavy atom. The van der Waals surface area contributed by atoms with Gasteiger partial charge in [-0.3, -0.25) is 9.20 Å². The number of nitrogens with zero attached hydrogens (tertiary/aromatic N) is 2. The van der Waals surface area contributed by atoms with Gasteiger partial charge in [0.1, 0.15) is 0 Å². The monoisotopic (exact) mass is 224 g/mol. The van der Waals surface area contributed by atoms with E-state index in [4.69, 9.17) is 5.11 Å². The fraction of sp³-hybridized carbons (Fsp3) is 0.400. The number of carbonyl (C=O) groups is 1. The lowest BCUT2D eigenvalue weighted by atomic mass is 10.1. The Hall–Kier alpha value is -1.36. The minimum atomic E-state index is -0.758. The van der Waals surface area contributed by atoms with E-state index in [2.05, 4.69) is 4.98 Å². The van der Waals surface area contributed by atoms with E-state index in [1.54, 1.807) is 18.3 Å². The molecule has 1 atom stereocenters. The third kappa shape index (κ3) is 1.87. The molecule has 0 saturated carbocycles. The van der Waals surface area contributed by atoms with Gasteiger partial charge in [0.25, 0.3) is 0 Å². The molecule has 0 aliphatic carbocycles. The topological polar surface area (TPSA) is 54.6 Å².